The molecule has 0 aromatic rings. The van der Waals surface area contributed by atoms with Gasteiger partial charge in [-0.05, 0) is 83.5 Å². The van der Waals surface area contributed by atoms with Crippen molar-refractivity contribution in [2.24, 2.45) is 0 Å². The summed E-state index contributed by atoms with van der Waals surface area (Å²) < 4.78 is 23.3. The molecule has 0 fully saturated rings. The molecule has 0 radical (unpaired) electrons. The highest BCUT2D eigenvalue weighted by Gasteiger charge is 2.24. The molecule has 0 aromatic heterocycles. The third-order valence-electron chi connectivity index (χ3n) is 12.3. The van der Waals surface area contributed by atoms with E-state index in [1.165, 1.54) is 103 Å². The number of carbonyl (C=O) groups excluding carboxylic acids is 1. The first-order valence-corrected chi connectivity index (χ1v) is 30.2. The zero-order chi connectivity index (χ0) is 52.0. The number of nitrogens with one attached hydrogen (secondary N) is 1. The summed E-state index contributed by atoms with van der Waals surface area (Å²) >= 11 is 0. The number of allylic oxidation sites excluding steroid dienone is 18. The first-order chi connectivity index (χ1) is 34.5. The molecule has 71 heavy (non-hydrogen) atoms. The Balaban J connectivity index is 4.01. The molecule has 8 nitrogen and oxygen atoms in total. The second kappa shape index (κ2) is 52.0. The summed E-state index contributed by atoms with van der Waals surface area (Å²) in [7, 11) is 1.29. The molecule has 0 aliphatic carbocycles. The minimum absolute atomic E-state index is 0.00721. The number of phosphoric ester groups is 1. The van der Waals surface area contributed by atoms with Gasteiger partial charge in [-0.1, -0.05) is 245 Å². The number of likely N-dealkylation sites (N-methyl/N-ethyl adjacent to an activating group) is 1. The minimum Gasteiger partial charge on any atom is -0.756 e. The van der Waals surface area contributed by atoms with Gasteiger partial charge in [0.2, 0.25) is 5.91 Å². The van der Waals surface area contributed by atoms with Crippen LogP contribution in [0.4, 0.5) is 0 Å². The Morgan fingerprint density at radius 3 is 1.25 bits per heavy atom. The van der Waals surface area contributed by atoms with Crippen LogP contribution in [0.25, 0.3) is 0 Å². The van der Waals surface area contributed by atoms with E-state index in [0.717, 1.165) is 96.3 Å². The Hall–Kier alpha value is -2.84. The van der Waals surface area contributed by atoms with E-state index in [1.807, 2.05) is 21.1 Å². The van der Waals surface area contributed by atoms with Crippen molar-refractivity contribution in [2.45, 2.75) is 238 Å². The maximum atomic E-state index is 12.9. The highest BCUT2D eigenvalue weighted by Crippen LogP contribution is 2.38. The highest BCUT2D eigenvalue weighted by molar-refractivity contribution is 7.45. The lowest BCUT2D eigenvalue weighted by Gasteiger charge is -2.30. The summed E-state index contributed by atoms with van der Waals surface area (Å²) in [4.78, 5) is 25.4. The molecule has 3 unspecified atom stereocenters. The fraction of sp³-hybridized carbons (Fsp3) is 0.694. The van der Waals surface area contributed by atoms with Gasteiger partial charge in [-0.2, -0.15) is 0 Å². The Bertz CT molecular complexity index is 1520. The fourth-order valence-electron chi connectivity index (χ4n) is 7.80. The molecule has 0 heterocycles. The van der Waals surface area contributed by atoms with Crippen LogP contribution < -0.4 is 10.2 Å². The van der Waals surface area contributed by atoms with E-state index in [1.54, 1.807) is 0 Å². The molecule has 0 rings (SSSR count). The van der Waals surface area contributed by atoms with Crippen molar-refractivity contribution in [3.05, 3.63) is 109 Å². The van der Waals surface area contributed by atoms with Crippen molar-refractivity contribution in [1.29, 1.82) is 0 Å². The van der Waals surface area contributed by atoms with Crippen LogP contribution in [0, 0.1) is 0 Å². The van der Waals surface area contributed by atoms with Crippen LogP contribution in [-0.4, -0.2) is 68.5 Å². The fourth-order valence-corrected chi connectivity index (χ4v) is 8.52. The highest BCUT2D eigenvalue weighted by atomic mass is 31.2. The lowest BCUT2D eigenvalue weighted by molar-refractivity contribution is -0.870. The average molecular weight is 1010 g/mol. The van der Waals surface area contributed by atoms with E-state index >= 15 is 0 Å². The van der Waals surface area contributed by atoms with Crippen LogP contribution in [0.5, 0.6) is 0 Å². The Morgan fingerprint density at radius 2 is 0.859 bits per heavy atom. The van der Waals surface area contributed by atoms with Crippen molar-refractivity contribution in [3.8, 4) is 0 Å². The van der Waals surface area contributed by atoms with Gasteiger partial charge in [-0.25, -0.2) is 0 Å². The van der Waals surface area contributed by atoms with Gasteiger partial charge < -0.3 is 28.8 Å². The molecular formula is C62H109N2O6P. The van der Waals surface area contributed by atoms with Crippen LogP contribution >= 0.6 is 7.82 Å². The minimum atomic E-state index is -4.57. The Kier molecular flexibility index (Phi) is 50.0. The van der Waals surface area contributed by atoms with Crippen LogP contribution in [0.1, 0.15) is 226 Å². The van der Waals surface area contributed by atoms with Crippen molar-refractivity contribution in [2.75, 3.05) is 40.9 Å². The van der Waals surface area contributed by atoms with Gasteiger partial charge in [0.05, 0.1) is 39.9 Å². The quantitative estimate of drug-likeness (QED) is 0.0272. The van der Waals surface area contributed by atoms with Gasteiger partial charge in [-0.15, -0.1) is 0 Å². The van der Waals surface area contributed by atoms with Gasteiger partial charge in [0.15, 0.2) is 0 Å². The summed E-state index contributed by atoms with van der Waals surface area (Å²) in [6, 6.07) is -0.807. The number of quaternary nitrogens is 1. The van der Waals surface area contributed by atoms with E-state index in [-0.39, 0.29) is 19.1 Å². The van der Waals surface area contributed by atoms with Crippen LogP contribution in [0.3, 0.4) is 0 Å². The first kappa shape index (κ1) is 68.2. The molecule has 0 bridgehead atoms. The van der Waals surface area contributed by atoms with E-state index < -0.39 is 20.0 Å². The molecule has 0 aromatic carbocycles. The number of carbonyl (C=O) groups is 1. The molecule has 0 spiro atoms. The largest absolute Gasteiger partial charge is 0.756 e. The zero-order valence-electron chi connectivity index (χ0n) is 46.4. The van der Waals surface area contributed by atoms with Gasteiger partial charge in [-0.3, -0.25) is 9.36 Å². The summed E-state index contributed by atoms with van der Waals surface area (Å²) in [6.45, 7) is 4.57. The molecule has 0 saturated heterocycles. The lowest BCUT2D eigenvalue weighted by Crippen LogP contribution is -2.46. The molecule has 408 valence electrons. The van der Waals surface area contributed by atoms with E-state index in [0.29, 0.717) is 23.9 Å². The van der Waals surface area contributed by atoms with Crippen molar-refractivity contribution < 1.29 is 32.9 Å². The first-order valence-electron chi connectivity index (χ1n) is 28.7. The molecule has 3 atom stereocenters. The van der Waals surface area contributed by atoms with E-state index in [2.05, 4.69) is 129 Å². The van der Waals surface area contributed by atoms with Gasteiger partial charge in [0.25, 0.3) is 7.82 Å². The van der Waals surface area contributed by atoms with Gasteiger partial charge >= 0.3 is 0 Å². The number of phosphoric acid groups is 1. The van der Waals surface area contributed by atoms with E-state index in [9.17, 15) is 19.4 Å². The van der Waals surface area contributed by atoms with Crippen molar-refractivity contribution in [3.63, 3.8) is 0 Å². The zero-order valence-corrected chi connectivity index (χ0v) is 47.3. The topological polar surface area (TPSA) is 108 Å². The molecular weight excluding hydrogens is 900 g/mol. The number of aliphatic hydroxyl groups is 1. The second-order valence-corrected chi connectivity index (χ2v) is 21.7. The number of unbranched alkanes of at least 4 members (excludes halogenated alkanes) is 20. The van der Waals surface area contributed by atoms with Gasteiger partial charge in [0, 0.05) is 6.42 Å². The summed E-state index contributed by atoms with van der Waals surface area (Å²) in [5.74, 6) is -0.174. The molecule has 2 N–H and O–H groups in total. The van der Waals surface area contributed by atoms with Crippen LogP contribution in [-0.2, 0) is 18.4 Å². The summed E-state index contributed by atoms with van der Waals surface area (Å²) in [6.07, 6.45) is 75.6. The van der Waals surface area contributed by atoms with Crippen molar-refractivity contribution in [1.82, 2.24) is 5.32 Å². The standard InChI is InChI=1S/C62H109N2O6P/c1-6-8-10-12-14-16-18-19-20-21-22-23-24-25-26-27-28-29-30-31-32-33-34-35-36-37-38-39-40-41-42-43-44-45-46-48-50-52-54-56-62(66)63-60(59-70-71(67,68)69-58-57-64(3,4)5)61(65)55-53-51-49-47-17-15-13-11-9-7-2/h8,10,14,16,19-20,22-23,25-26,28-29,31-32,34-35,37-38,60-61,65H,6-7,9,11-13,15,17-18,21,24,27,30,33,36,39-59H2,1-5H3,(H-,63,66,67,68)/b10-8-,16-14-,20-19-,23-22-,26-25-,29-28-,32-31-,35-34-,38-37-. The average Bonchev–Trinajstić information content (AvgIpc) is 3.33. The maximum Gasteiger partial charge on any atom is 0.268 e. The predicted octanol–water partition coefficient (Wildman–Crippen LogP) is 17.0. The number of hydrogen-bond donors (Lipinski definition) is 2. The van der Waals surface area contributed by atoms with Crippen molar-refractivity contribution >= 4 is 13.7 Å². The SMILES string of the molecule is CC/C=C\C/C=C\C/C=C\C/C=C\C/C=C\C/C=C\C/C=C\C/C=C\C/C=C\CCCCCCCCCCCCCC(=O)NC(COP(=O)([O-])OCC[N+](C)(C)C)C(O)CCCCCCCCCCCC. The molecule has 0 saturated carbocycles. The third kappa shape index (κ3) is 54.8. The third-order valence-corrected chi connectivity index (χ3v) is 13.2. The summed E-state index contributed by atoms with van der Waals surface area (Å²) in [5, 5.41) is 13.9. The maximum absolute atomic E-state index is 12.9. The molecule has 9 heteroatoms. The lowest BCUT2D eigenvalue weighted by atomic mass is 10.0. The predicted molar refractivity (Wildman–Crippen MR) is 306 cm³/mol. The Morgan fingerprint density at radius 1 is 0.507 bits per heavy atom. The number of rotatable bonds is 51. The molecule has 0 aliphatic heterocycles. The number of amides is 1. The number of nitrogens with zero attached hydrogens (tertiary/aromatic N) is 1. The molecule has 1 amide bonds. The molecule has 0 aliphatic rings. The Labute approximate surface area is 438 Å². The number of aliphatic hydroxyl groups excluding tert-OH is 1. The van der Waals surface area contributed by atoms with Gasteiger partial charge in [0.1, 0.15) is 13.2 Å². The van der Waals surface area contributed by atoms with Crippen LogP contribution in [0.2, 0.25) is 0 Å². The summed E-state index contributed by atoms with van der Waals surface area (Å²) in [5.41, 5.74) is 0. The number of hydrogen-bond acceptors (Lipinski definition) is 6. The monoisotopic (exact) mass is 1010 g/mol. The normalized spacial score (nSPS) is 14.7. The second-order valence-electron chi connectivity index (χ2n) is 20.3. The van der Waals surface area contributed by atoms with E-state index in [4.69, 9.17) is 9.05 Å². The van der Waals surface area contributed by atoms with Crippen LogP contribution in [0.15, 0.2) is 109 Å². The smallest absolute Gasteiger partial charge is 0.268 e.